The number of aliphatic hydroxyl groups is 1. The number of rotatable bonds is 4. The molecule has 0 fully saturated rings. The van der Waals surface area contributed by atoms with Gasteiger partial charge in [0.05, 0.1) is 18.4 Å². The third-order valence-electron chi connectivity index (χ3n) is 2.21. The molecular weight excluding hydrogens is 178 g/mol. The Bertz CT molecular complexity index is 286. The van der Waals surface area contributed by atoms with Gasteiger partial charge in [-0.3, -0.25) is 4.98 Å². The fourth-order valence-corrected chi connectivity index (χ4v) is 0.967. The summed E-state index contributed by atoms with van der Waals surface area (Å²) in [6, 6.07) is 3.57. The van der Waals surface area contributed by atoms with Crippen LogP contribution in [0.25, 0.3) is 0 Å². The summed E-state index contributed by atoms with van der Waals surface area (Å²) < 4.78 is 5.67. The Hall–Kier alpha value is -1.09. The SMILES string of the molecule is CC(C)C(C)Oc1ccnc(CO)c1. The van der Waals surface area contributed by atoms with Crippen molar-refractivity contribution in [2.24, 2.45) is 5.92 Å². The van der Waals surface area contributed by atoms with E-state index in [-0.39, 0.29) is 12.7 Å². The summed E-state index contributed by atoms with van der Waals surface area (Å²) in [7, 11) is 0. The standard InChI is InChI=1S/C11H17NO2/c1-8(2)9(3)14-11-4-5-12-10(6-11)7-13/h4-6,8-9,13H,7H2,1-3H3. The molecule has 3 nitrogen and oxygen atoms in total. The van der Waals surface area contributed by atoms with E-state index in [9.17, 15) is 0 Å². The first-order chi connectivity index (χ1) is 6.63. The normalized spacial score (nSPS) is 12.9. The molecule has 1 aromatic rings. The number of hydrogen-bond donors (Lipinski definition) is 1. The Balaban J connectivity index is 2.66. The first-order valence-corrected chi connectivity index (χ1v) is 4.86. The summed E-state index contributed by atoms with van der Waals surface area (Å²) in [4.78, 5) is 3.98. The van der Waals surface area contributed by atoms with Gasteiger partial charge in [-0.15, -0.1) is 0 Å². The van der Waals surface area contributed by atoms with Gasteiger partial charge in [0.25, 0.3) is 0 Å². The van der Waals surface area contributed by atoms with Gasteiger partial charge in [-0.05, 0) is 18.9 Å². The zero-order chi connectivity index (χ0) is 10.6. The zero-order valence-electron chi connectivity index (χ0n) is 8.90. The molecule has 1 N–H and O–H groups in total. The molecule has 0 aliphatic carbocycles. The van der Waals surface area contributed by atoms with Crippen molar-refractivity contribution < 1.29 is 9.84 Å². The lowest BCUT2D eigenvalue weighted by molar-refractivity contribution is 0.169. The first kappa shape index (κ1) is 11.0. The maximum absolute atomic E-state index is 8.89. The van der Waals surface area contributed by atoms with Crippen molar-refractivity contribution in [3.05, 3.63) is 24.0 Å². The second-order valence-corrected chi connectivity index (χ2v) is 3.71. The highest BCUT2D eigenvalue weighted by Gasteiger charge is 2.08. The number of ether oxygens (including phenoxy) is 1. The van der Waals surface area contributed by atoms with Gasteiger partial charge in [0.1, 0.15) is 5.75 Å². The van der Waals surface area contributed by atoms with Crippen molar-refractivity contribution in [3.8, 4) is 5.75 Å². The van der Waals surface area contributed by atoms with Crippen LogP contribution in [0.1, 0.15) is 26.5 Å². The third-order valence-corrected chi connectivity index (χ3v) is 2.21. The fourth-order valence-electron chi connectivity index (χ4n) is 0.967. The minimum absolute atomic E-state index is 0.0484. The molecule has 1 unspecified atom stereocenters. The molecule has 0 spiro atoms. The van der Waals surface area contributed by atoms with Gasteiger partial charge in [-0.1, -0.05) is 13.8 Å². The van der Waals surface area contributed by atoms with Crippen molar-refractivity contribution >= 4 is 0 Å². The van der Waals surface area contributed by atoms with Crippen LogP contribution in [-0.2, 0) is 6.61 Å². The summed E-state index contributed by atoms with van der Waals surface area (Å²) in [6.45, 7) is 6.20. The summed E-state index contributed by atoms with van der Waals surface area (Å²) in [5.74, 6) is 1.24. The van der Waals surface area contributed by atoms with Crippen molar-refractivity contribution in [1.29, 1.82) is 0 Å². The molecule has 3 heteroatoms. The quantitative estimate of drug-likeness (QED) is 0.799. The van der Waals surface area contributed by atoms with Gasteiger partial charge in [0.15, 0.2) is 0 Å². The van der Waals surface area contributed by atoms with Crippen LogP contribution in [0, 0.1) is 5.92 Å². The van der Waals surface area contributed by atoms with Crippen LogP contribution in [0.4, 0.5) is 0 Å². The lowest BCUT2D eigenvalue weighted by Gasteiger charge is -2.18. The van der Waals surface area contributed by atoms with E-state index in [1.54, 1.807) is 18.3 Å². The Labute approximate surface area is 84.7 Å². The maximum Gasteiger partial charge on any atom is 0.123 e. The van der Waals surface area contributed by atoms with Gasteiger partial charge in [0, 0.05) is 12.3 Å². The van der Waals surface area contributed by atoms with E-state index < -0.39 is 0 Å². The van der Waals surface area contributed by atoms with Crippen LogP contribution in [0.5, 0.6) is 5.75 Å². The van der Waals surface area contributed by atoms with Gasteiger partial charge in [0.2, 0.25) is 0 Å². The van der Waals surface area contributed by atoms with Crippen LogP contribution in [0.3, 0.4) is 0 Å². The van der Waals surface area contributed by atoms with Crippen LogP contribution in [-0.4, -0.2) is 16.2 Å². The van der Waals surface area contributed by atoms with E-state index in [4.69, 9.17) is 9.84 Å². The van der Waals surface area contributed by atoms with Gasteiger partial charge < -0.3 is 9.84 Å². The van der Waals surface area contributed by atoms with Gasteiger partial charge in [-0.25, -0.2) is 0 Å². The molecule has 0 amide bonds. The van der Waals surface area contributed by atoms with Crippen molar-refractivity contribution in [2.45, 2.75) is 33.5 Å². The Morgan fingerprint density at radius 1 is 1.43 bits per heavy atom. The molecule has 0 bridgehead atoms. The van der Waals surface area contributed by atoms with E-state index in [0.717, 1.165) is 5.75 Å². The number of pyridine rings is 1. The first-order valence-electron chi connectivity index (χ1n) is 4.86. The average molecular weight is 195 g/mol. The lowest BCUT2D eigenvalue weighted by Crippen LogP contribution is -2.18. The molecule has 14 heavy (non-hydrogen) atoms. The van der Waals surface area contributed by atoms with Gasteiger partial charge >= 0.3 is 0 Å². The van der Waals surface area contributed by atoms with E-state index in [1.165, 1.54) is 0 Å². The molecule has 0 aliphatic rings. The number of aromatic nitrogens is 1. The number of hydrogen-bond acceptors (Lipinski definition) is 3. The summed E-state index contributed by atoms with van der Waals surface area (Å²) in [6.07, 6.45) is 1.82. The maximum atomic E-state index is 8.89. The van der Waals surface area contributed by atoms with Crippen LogP contribution in [0.2, 0.25) is 0 Å². The van der Waals surface area contributed by atoms with Gasteiger partial charge in [-0.2, -0.15) is 0 Å². The average Bonchev–Trinajstić information content (AvgIpc) is 2.18. The minimum atomic E-state index is -0.0484. The highest BCUT2D eigenvalue weighted by atomic mass is 16.5. The summed E-state index contributed by atoms with van der Waals surface area (Å²) in [5.41, 5.74) is 0.637. The van der Waals surface area contributed by atoms with Crippen molar-refractivity contribution in [3.63, 3.8) is 0 Å². The van der Waals surface area contributed by atoms with E-state index in [1.807, 2.05) is 6.92 Å². The zero-order valence-corrected chi connectivity index (χ0v) is 8.90. The molecule has 78 valence electrons. The smallest absolute Gasteiger partial charge is 0.123 e. The van der Waals surface area contributed by atoms with Crippen LogP contribution < -0.4 is 4.74 Å². The molecule has 0 radical (unpaired) electrons. The monoisotopic (exact) mass is 195 g/mol. The molecule has 0 saturated carbocycles. The predicted molar refractivity (Wildman–Crippen MR) is 55.1 cm³/mol. The molecule has 1 atom stereocenters. The summed E-state index contributed by atoms with van der Waals surface area (Å²) in [5, 5.41) is 8.89. The molecule has 0 aliphatic heterocycles. The van der Waals surface area contributed by atoms with Crippen molar-refractivity contribution in [1.82, 2.24) is 4.98 Å². The van der Waals surface area contributed by atoms with Crippen LogP contribution in [0.15, 0.2) is 18.3 Å². The Morgan fingerprint density at radius 3 is 2.71 bits per heavy atom. The topological polar surface area (TPSA) is 42.4 Å². The predicted octanol–water partition coefficient (Wildman–Crippen LogP) is 2.00. The Kier molecular flexibility index (Phi) is 3.89. The number of aliphatic hydroxyl groups excluding tert-OH is 1. The minimum Gasteiger partial charge on any atom is -0.490 e. The fraction of sp³-hybridized carbons (Fsp3) is 0.545. The lowest BCUT2D eigenvalue weighted by atomic mass is 10.1. The molecule has 1 rings (SSSR count). The number of nitrogens with zero attached hydrogens (tertiary/aromatic N) is 1. The highest BCUT2D eigenvalue weighted by Crippen LogP contribution is 2.15. The molecule has 1 aromatic heterocycles. The van der Waals surface area contributed by atoms with E-state index in [2.05, 4.69) is 18.8 Å². The van der Waals surface area contributed by atoms with Crippen molar-refractivity contribution in [2.75, 3.05) is 0 Å². The largest absolute Gasteiger partial charge is 0.490 e. The second-order valence-electron chi connectivity index (χ2n) is 3.71. The molecule has 0 aromatic carbocycles. The molecular formula is C11H17NO2. The van der Waals surface area contributed by atoms with E-state index >= 15 is 0 Å². The highest BCUT2D eigenvalue weighted by molar-refractivity contribution is 5.22. The second kappa shape index (κ2) is 4.96. The third kappa shape index (κ3) is 3.00. The molecule has 1 heterocycles. The Morgan fingerprint density at radius 2 is 2.14 bits per heavy atom. The van der Waals surface area contributed by atoms with E-state index in [0.29, 0.717) is 11.6 Å². The molecule has 0 saturated heterocycles. The summed E-state index contributed by atoms with van der Waals surface area (Å²) >= 11 is 0. The van der Waals surface area contributed by atoms with Crippen LogP contribution >= 0.6 is 0 Å².